The number of aliphatic imine (C=N–C) groups is 1. The number of aliphatic carboxylic acids is 1. The van der Waals surface area contributed by atoms with E-state index in [9.17, 15) is 45.5 Å². The van der Waals surface area contributed by atoms with Crippen molar-refractivity contribution in [1.82, 2.24) is 10.6 Å². The molecule has 4 aliphatic heterocycles. The molecule has 4 heterocycles. The number of benzene rings is 1. The van der Waals surface area contributed by atoms with Crippen molar-refractivity contribution in [3.63, 3.8) is 0 Å². The largest absolute Gasteiger partial charge is 0.480 e. The lowest BCUT2D eigenvalue weighted by atomic mass is 9.55. The minimum Gasteiger partial charge on any atom is -0.480 e. The van der Waals surface area contributed by atoms with Gasteiger partial charge in [-0.2, -0.15) is 0 Å². The topological polar surface area (TPSA) is 323 Å². The molecule has 11 N–H and O–H groups in total. The van der Waals surface area contributed by atoms with Crippen molar-refractivity contribution in [1.29, 1.82) is 0 Å². The summed E-state index contributed by atoms with van der Waals surface area (Å²) in [5.74, 6) is -5.37. The molecule has 1 aromatic rings. The number of ether oxygens (including phenoxy) is 2. The third-order valence-corrected chi connectivity index (χ3v) is 8.44. The van der Waals surface area contributed by atoms with E-state index in [4.69, 9.17) is 20.7 Å². The molecule has 4 fully saturated rings. The molecule has 1 spiro atoms. The first kappa shape index (κ1) is 30.6. The summed E-state index contributed by atoms with van der Waals surface area (Å²) in [6.45, 7) is -0.0196. The molecular formula is C23H31N9O11. The van der Waals surface area contributed by atoms with Gasteiger partial charge in [-0.25, -0.2) is 9.79 Å². The van der Waals surface area contributed by atoms with Crippen LogP contribution in [0.1, 0.15) is 19.3 Å². The minimum atomic E-state index is -2.60. The first-order valence-corrected chi connectivity index (χ1v) is 13.3. The van der Waals surface area contributed by atoms with Gasteiger partial charge >= 0.3 is 11.9 Å². The normalized spacial score (nSPS) is 37.8. The zero-order chi connectivity index (χ0) is 31.3. The van der Waals surface area contributed by atoms with Crippen LogP contribution < -0.4 is 21.7 Å². The number of azide groups is 1. The summed E-state index contributed by atoms with van der Waals surface area (Å²) in [5.41, 5.74) is 9.92. The van der Waals surface area contributed by atoms with Crippen molar-refractivity contribution >= 4 is 29.0 Å². The van der Waals surface area contributed by atoms with Crippen molar-refractivity contribution in [2.24, 2.45) is 21.8 Å². The fraction of sp³-hybridized carbons (Fsp3) is 0.652. The Morgan fingerprint density at radius 3 is 2.67 bits per heavy atom. The van der Waals surface area contributed by atoms with Crippen molar-refractivity contribution in [2.75, 3.05) is 18.4 Å². The molecule has 0 radical (unpaired) electrons. The van der Waals surface area contributed by atoms with E-state index >= 15 is 0 Å². The zero-order valence-corrected chi connectivity index (χ0v) is 22.3. The van der Waals surface area contributed by atoms with Crippen LogP contribution in [0.25, 0.3) is 10.4 Å². The summed E-state index contributed by atoms with van der Waals surface area (Å²) in [5, 5.41) is 87.8. The lowest BCUT2D eigenvalue weighted by Gasteiger charge is -2.71. The number of carboxylic acids is 1. The Hall–Kier alpha value is -3.85. The number of hydrogen-bond acceptors (Lipinski definition) is 16. The van der Waals surface area contributed by atoms with Crippen LogP contribution in [0, 0.1) is 16.0 Å². The van der Waals surface area contributed by atoms with Crippen LogP contribution in [0.5, 0.6) is 0 Å². The van der Waals surface area contributed by atoms with Gasteiger partial charge in [0.05, 0.1) is 10.8 Å². The minimum absolute atomic E-state index is 0.00608. The van der Waals surface area contributed by atoms with Gasteiger partial charge in [-0.3, -0.25) is 10.1 Å². The molecule has 20 heteroatoms. The Bertz CT molecular complexity index is 1380. The van der Waals surface area contributed by atoms with E-state index in [1.165, 1.54) is 12.1 Å². The average molecular weight is 610 g/mol. The summed E-state index contributed by atoms with van der Waals surface area (Å²) < 4.78 is 10.9. The molecule has 3 saturated heterocycles. The van der Waals surface area contributed by atoms with Gasteiger partial charge in [-0.1, -0.05) is 11.2 Å². The van der Waals surface area contributed by atoms with Gasteiger partial charge in [0.2, 0.25) is 0 Å². The second-order valence-electron chi connectivity index (χ2n) is 10.9. The molecule has 10 unspecified atom stereocenters. The first-order chi connectivity index (χ1) is 20.3. The average Bonchev–Trinajstić information content (AvgIpc) is 2.93. The number of nitrogens with zero attached hydrogens (tertiary/aromatic N) is 5. The van der Waals surface area contributed by atoms with E-state index in [1.807, 2.05) is 0 Å². The summed E-state index contributed by atoms with van der Waals surface area (Å²) in [7, 11) is 0. The molecule has 5 aliphatic rings. The lowest BCUT2D eigenvalue weighted by molar-refractivity contribution is -0.546. The van der Waals surface area contributed by atoms with Crippen LogP contribution in [-0.4, -0.2) is 114 Å². The van der Waals surface area contributed by atoms with Crippen molar-refractivity contribution in [3.8, 4) is 0 Å². The van der Waals surface area contributed by atoms with Gasteiger partial charge in [0, 0.05) is 23.2 Å². The fourth-order valence-corrected chi connectivity index (χ4v) is 6.50. The van der Waals surface area contributed by atoms with Crippen molar-refractivity contribution in [2.45, 2.75) is 73.1 Å². The van der Waals surface area contributed by atoms with E-state index in [2.05, 4.69) is 31.0 Å². The third-order valence-electron chi connectivity index (χ3n) is 8.44. The Kier molecular flexibility index (Phi) is 7.84. The molecule has 10 atom stereocenters. The number of hydrogen-bond donors (Lipinski definition) is 10. The van der Waals surface area contributed by atoms with Crippen LogP contribution in [0.2, 0.25) is 0 Å². The first-order valence-electron chi connectivity index (χ1n) is 13.3. The highest BCUT2D eigenvalue weighted by Crippen LogP contribution is 2.58. The quantitative estimate of drug-likeness (QED) is 0.0296. The van der Waals surface area contributed by atoms with Gasteiger partial charge in [0.25, 0.3) is 5.69 Å². The Labute approximate surface area is 241 Å². The maximum atomic E-state index is 11.8. The number of guanidine groups is 1. The standard InChI is InChI=1S/C23H31N9O11/c24-20-28-17(34)13-15-21(38,16-14(33)22(13,29-20)19(37)23(39,42-15)43-16)8-26-6-2-1-3-11(18(35)36)27-10-5-4-9(30-31-25)7-12(10)32(40)41/h4-5,7,11,13-17,19,26-27,33-34,37-39H,1-3,6,8H2,(H,35,36)(H3,24,28,29). The molecule has 234 valence electrons. The van der Waals surface area contributed by atoms with E-state index in [0.29, 0.717) is 12.8 Å². The summed E-state index contributed by atoms with van der Waals surface area (Å²) in [6, 6.07) is 2.39. The van der Waals surface area contributed by atoms with Gasteiger partial charge < -0.3 is 61.8 Å². The van der Waals surface area contributed by atoms with Gasteiger partial charge in [-0.05, 0) is 37.4 Å². The van der Waals surface area contributed by atoms with Crippen molar-refractivity contribution in [3.05, 3.63) is 38.8 Å². The van der Waals surface area contributed by atoms with Crippen LogP contribution in [0.4, 0.5) is 17.1 Å². The monoisotopic (exact) mass is 609 g/mol. The van der Waals surface area contributed by atoms with Crippen LogP contribution >= 0.6 is 0 Å². The number of nitro groups is 1. The number of nitro benzene ring substituents is 1. The number of unbranched alkanes of at least 4 members (excludes halogenated alkanes) is 1. The van der Waals surface area contributed by atoms with Crippen LogP contribution in [0.3, 0.4) is 0 Å². The molecule has 6 rings (SSSR count). The van der Waals surface area contributed by atoms with Gasteiger partial charge in [0.1, 0.15) is 41.2 Å². The lowest BCUT2D eigenvalue weighted by Crippen LogP contribution is -2.95. The molecule has 1 aliphatic carbocycles. The second kappa shape index (κ2) is 11.0. The van der Waals surface area contributed by atoms with Crippen LogP contribution in [0.15, 0.2) is 28.3 Å². The third kappa shape index (κ3) is 4.87. The number of rotatable bonds is 12. The predicted molar refractivity (Wildman–Crippen MR) is 142 cm³/mol. The highest BCUT2D eigenvalue weighted by atomic mass is 16.9. The molecule has 20 nitrogen and oxygen atoms in total. The molecule has 0 amide bonds. The summed E-state index contributed by atoms with van der Waals surface area (Å²) in [4.78, 5) is 28.9. The number of anilines is 1. The van der Waals surface area contributed by atoms with Crippen molar-refractivity contribution < 1.29 is 49.8 Å². The molecule has 1 saturated carbocycles. The fourth-order valence-electron chi connectivity index (χ4n) is 6.50. The number of carboxylic acid groups (broad SMARTS) is 1. The van der Waals surface area contributed by atoms with Crippen LogP contribution in [-0.2, 0) is 14.3 Å². The number of nitrogens with two attached hydrogens (primary N) is 1. The molecular weight excluding hydrogens is 578 g/mol. The maximum Gasteiger partial charge on any atom is 0.326 e. The SMILES string of the molecule is [N-]=[N+]=Nc1ccc(NC(CCCCNCC2(O)C3OC4(O)OC2C2C(O)N=C(N)NC2(C3O)C4O)C(=O)O)c([N+](=O)[O-])c1. The number of carbonyl (C=O) groups is 1. The Morgan fingerprint density at radius 1 is 1.28 bits per heavy atom. The highest BCUT2D eigenvalue weighted by Gasteiger charge is 2.82. The molecule has 1 aromatic carbocycles. The van der Waals surface area contributed by atoms with Gasteiger partial charge in [0.15, 0.2) is 18.3 Å². The number of aliphatic hydroxyl groups is 5. The highest BCUT2D eigenvalue weighted by molar-refractivity contribution is 5.80. The number of nitrogens with one attached hydrogen (secondary N) is 3. The maximum absolute atomic E-state index is 11.8. The summed E-state index contributed by atoms with van der Waals surface area (Å²) >= 11 is 0. The number of aliphatic hydroxyl groups excluding tert-OH is 3. The van der Waals surface area contributed by atoms with E-state index in [1.54, 1.807) is 0 Å². The molecule has 43 heavy (non-hydrogen) atoms. The molecule has 0 aromatic heterocycles. The predicted octanol–water partition coefficient (Wildman–Crippen LogP) is -2.34. The molecule has 4 bridgehead atoms. The zero-order valence-electron chi connectivity index (χ0n) is 22.3. The Balaban J connectivity index is 1.20. The van der Waals surface area contributed by atoms with E-state index in [0.717, 1.165) is 6.07 Å². The Morgan fingerprint density at radius 2 is 2.00 bits per heavy atom. The van der Waals surface area contributed by atoms with E-state index in [-0.39, 0.29) is 36.8 Å². The summed E-state index contributed by atoms with van der Waals surface area (Å²) in [6.07, 6.45) is -7.20. The smallest absolute Gasteiger partial charge is 0.326 e. The second-order valence-corrected chi connectivity index (χ2v) is 10.9. The van der Waals surface area contributed by atoms with Gasteiger partial charge in [-0.15, -0.1) is 0 Å². The van der Waals surface area contributed by atoms with E-state index < -0.39 is 76.3 Å².